The fourth-order valence-corrected chi connectivity index (χ4v) is 3.00. The van der Waals surface area contributed by atoms with E-state index in [2.05, 4.69) is 20.4 Å². The lowest BCUT2D eigenvalue weighted by atomic mass is 10.1. The zero-order chi connectivity index (χ0) is 16.8. The second kappa shape index (κ2) is 5.13. The summed E-state index contributed by atoms with van der Waals surface area (Å²) in [7, 11) is 0. The first kappa shape index (κ1) is 13.7. The predicted octanol–water partition coefficient (Wildman–Crippen LogP) is 3.27. The lowest BCUT2D eigenvalue weighted by molar-refractivity contribution is 0.475. The van der Waals surface area contributed by atoms with E-state index in [0.29, 0.717) is 5.82 Å². The highest BCUT2D eigenvalue weighted by Crippen LogP contribution is 2.33. The summed E-state index contributed by atoms with van der Waals surface area (Å²) in [6, 6.07) is 10.7. The first-order chi connectivity index (χ1) is 12.3. The van der Waals surface area contributed by atoms with Crippen LogP contribution in [0.1, 0.15) is 0 Å². The summed E-state index contributed by atoms with van der Waals surface area (Å²) in [5.74, 6) is 0.843. The van der Waals surface area contributed by atoms with Crippen molar-refractivity contribution >= 4 is 38.8 Å². The average molecular weight is 328 g/mol. The van der Waals surface area contributed by atoms with Gasteiger partial charge in [-0.15, -0.1) is 0 Å². The summed E-state index contributed by atoms with van der Waals surface area (Å²) >= 11 is 0. The molecule has 1 aromatic carbocycles. The van der Waals surface area contributed by atoms with Crippen molar-refractivity contribution in [3.05, 3.63) is 61.3 Å². The topological polar surface area (TPSA) is 88.2 Å². The van der Waals surface area contributed by atoms with Gasteiger partial charge in [-0.25, -0.2) is 14.5 Å². The van der Waals surface area contributed by atoms with E-state index in [9.17, 15) is 5.11 Å². The summed E-state index contributed by atoms with van der Waals surface area (Å²) in [4.78, 5) is 13.0. The maximum Gasteiger partial charge on any atom is 0.142 e. The number of nitrogens with one attached hydrogen (secondary N) is 1. The monoisotopic (exact) mass is 328 g/mol. The molecule has 4 heterocycles. The zero-order valence-corrected chi connectivity index (χ0v) is 13.0. The number of hydrogen-bond donors (Lipinski definition) is 2. The van der Waals surface area contributed by atoms with E-state index >= 15 is 0 Å². The van der Waals surface area contributed by atoms with Crippen LogP contribution < -0.4 is 5.32 Å². The lowest BCUT2D eigenvalue weighted by Gasteiger charge is -2.09. The van der Waals surface area contributed by atoms with Crippen LogP contribution in [0.25, 0.3) is 27.3 Å². The van der Waals surface area contributed by atoms with Gasteiger partial charge in [0.25, 0.3) is 0 Å². The molecule has 2 N–H and O–H groups in total. The third-order valence-corrected chi connectivity index (χ3v) is 4.08. The van der Waals surface area contributed by atoms with Crippen molar-refractivity contribution in [2.75, 3.05) is 5.32 Å². The first-order valence-corrected chi connectivity index (χ1v) is 7.71. The highest BCUT2D eigenvalue weighted by molar-refractivity contribution is 6.14. The van der Waals surface area contributed by atoms with E-state index in [1.54, 1.807) is 47.6 Å². The van der Waals surface area contributed by atoms with Crippen LogP contribution in [0.4, 0.5) is 11.5 Å². The Kier molecular flexibility index (Phi) is 2.81. The maximum absolute atomic E-state index is 9.71. The number of anilines is 2. The van der Waals surface area contributed by atoms with E-state index in [4.69, 9.17) is 4.98 Å². The number of fused-ring (bicyclic) bond motifs is 5. The third kappa shape index (κ3) is 2.13. The van der Waals surface area contributed by atoms with Crippen LogP contribution in [0.15, 0.2) is 61.3 Å². The molecule has 5 rings (SSSR count). The minimum Gasteiger partial charge on any atom is -0.508 e. The molecule has 0 bridgehead atoms. The van der Waals surface area contributed by atoms with E-state index < -0.39 is 0 Å². The molecule has 0 unspecified atom stereocenters. The minimum absolute atomic E-state index is 0.188. The molecular formula is C18H12N6O. The number of pyridine rings is 2. The van der Waals surface area contributed by atoms with E-state index in [-0.39, 0.29) is 5.75 Å². The SMILES string of the molecule is Oc1cccc(Nc2nc3cnccc3c3nn4cnccc4c23)c1. The van der Waals surface area contributed by atoms with Crippen molar-refractivity contribution in [3.63, 3.8) is 0 Å². The van der Waals surface area contributed by atoms with Crippen LogP contribution in [0.2, 0.25) is 0 Å². The number of aromatic hydroxyl groups is 1. The fraction of sp³-hybridized carbons (Fsp3) is 0. The van der Waals surface area contributed by atoms with Crippen molar-refractivity contribution in [2.24, 2.45) is 0 Å². The minimum atomic E-state index is 0.188. The predicted molar refractivity (Wildman–Crippen MR) is 95.0 cm³/mol. The van der Waals surface area contributed by atoms with Gasteiger partial charge in [-0.1, -0.05) is 6.07 Å². The molecule has 120 valence electrons. The molecule has 0 aliphatic heterocycles. The van der Waals surface area contributed by atoms with Crippen molar-refractivity contribution in [3.8, 4) is 5.75 Å². The summed E-state index contributed by atoms with van der Waals surface area (Å²) < 4.78 is 1.74. The summed E-state index contributed by atoms with van der Waals surface area (Å²) in [6.45, 7) is 0. The van der Waals surface area contributed by atoms with E-state index in [1.165, 1.54) is 0 Å². The van der Waals surface area contributed by atoms with Crippen molar-refractivity contribution in [1.29, 1.82) is 0 Å². The third-order valence-electron chi connectivity index (χ3n) is 4.08. The number of phenolic OH excluding ortho intramolecular Hbond substituents is 1. The molecule has 25 heavy (non-hydrogen) atoms. The van der Waals surface area contributed by atoms with Gasteiger partial charge in [0.2, 0.25) is 0 Å². The first-order valence-electron chi connectivity index (χ1n) is 7.71. The molecule has 0 fully saturated rings. The van der Waals surface area contributed by atoms with Crippen LogP contribution in [-0.4, -0.2) is 29.7 Å². The Morgan fingerprint density at radius 3 is 2.88 bits per heavy atom. The van der Waals surface area contributed by atoms with Gasteiger partial charge in [0.15, 0.2) is 0 Å². The molecule has 7 nitrogen and oxygen atoms in total. The Bertz CT molecular complexity index is 1250. The molecular weight excluding hydrogens is 316 g/mol. The van der Waals surface area contributed by atoms with Gasteiger partial charge >= 0.3 is 0 Å². The number of phenols is 1. The smallest absolute Gasteiger partial charge is 0.142 e. The van der Waals surface area contributed by atoms with E-state index in [0.717, 1.165) is 33.0 Å². The van der Waals surface area contributed by atoms with Crippen LogP contribution in [0, 0.1) is 0 Å². The van der Waals surface area contributed by atoms with E-state index in [1.807, 2.05) is 18.2 Å². The van der Waals surface area contributed by atoms with Crippen LogP contribution >= 0.6 is 0 Å². The highest BCUT2D eigenvalue weighted by atomic mass is 16.3. The maximum atomic E-state index is 9.71. The molecule has 5 aromatic rings. The highest BCUT2D eigenvalue weighted by Gasteiger charge is 2.15. The Hall–Kier alpha value is -3.74. The van der Waals surface area contributed by atoms with Gasteiger partial charge in [0.05, 0.1) is 22.6 Å². The number of hydrogen-bond acceptors (Lipinski definition) is 6. The van der Waals surface area contributed by atoms with Gasteiger partial charge in [-0.3, -0.25) is 4.98 Å². The second-order valence-corrected chi connectivity index (χ2v) is 5.66. The number of rotatable bonds is 2. The molecule has 4 aromatic heterocycles. The van der Waals surface area contributed by atoms with Gasteiger partial charge in [-0.05, 0) is 24.3 Å². The van der Waals surface area contributed by atoms with Gasteiger partial charge < -0.3 is 10.4 Å². The van der Waals surface area contributed by atoms with Crippen LogP contribution in [0.3, 0.4) is 0 Å². The normalized spacial score (nSPS) is 11.4. The molecule has 0 radical (unpaired) electrons. The molecule has 0 aliphatic rings. The Balaban J connectivity index is 1.86. The van der Waals surface area contributed by atoms with Gasteiger partial charge in [-0.2, -0.15) is 5.10 Å². The van der Waals surface area contributed by atoms with Crippen molar-refractivity contribution in [2.45, 2.75) is 0 Å². The molecule has 0 atom stereocenters. The Morgan fingerprint density at radius 2 is 1.96 bits per heavy atom. The molecule has 0 saturated carbocycles. The average Bonchev–Trinajstić information content (AvgIpc) is 3.02. The zero-order valence-electron chi connectivity index (χ0n) is 13.0. The number of benzene rings is 1. The largest absolute Gasteiger partial charge is 0.508 e. The Labute approximate surface area is 141 Å². The Morgan fingerprint density at radius 1 is 1.04 bits per heavy atom. The quantitative estimate of drug-likeness (QED) is 0.517. The van der Waals surface area contributed by atoms with Gasteiger partial charge in [0.1, 0.15) is 23.4 Å². The molecule has 0 amide bonds. The van der Waals surface area contributed by atoms with Crippen molar-refractivity contribution < 1.29 is 5.11 Å². The fourth-order valence-electron chi connectivity index (χ4n) is 3.00. The summed E-state index contributed by atoms with van der Waals surface area (Å²) in [5.41, 5.74) is 3.21. The van der Waals surface area contributed by atoms with Crippen molar-refractivity contribution in [1.82, 2.24) is 24.6 Å². The standard InChI is InChI=1S/C18H12N6O/c25-12-3-1-2-11(8-12)21-18-16-15-5-7-20-10-24(15)23-17(16)13-4-6-19-9-14(13)22-18/h1-10,25H,(H,21,22). The molecule has 7 heteroatoms. The molecule has 0 aliphatic carbocycles. The number of aromatic nitrogens is 5. The molecule has 0 spiro atoms. The van der Waals surface area contributed by atoms with Crippen LogP contribution in [0.5, 0.6) is 5.75 Å². The molecule has 0 saturated heterocycles. The summed E-state index contributed by atoms with van der Waals surface area (Å²) in [6.07, 6.45) is 6.84. The number of nitrogens with zero attached hydrogens (tertiary/aromatic N) is 5. The van der Waals surface area contributed by atoms with Gasteiger partial charge in [0, 0.05) is 29.5 Å². The summed E-state index contributed by atoms with van der Waals surface area (Å²) in [5, 5.41) is 19.5. The second-order valence-electron chi connectivity index (χ2n) is 5.66. The van der Waals surface area contributed by atoms with Crippen LogP contribution in [-0.2, 0) is 0 Å². The lowest BCUT2D eigenvalue weighted by Crippen LogP contribution is -1.95.